The monoisotopic (exact) mass is 310 g/mol. The van der Waals surface area contributed by atoms with Gasteiger partial charge in [-0.2, -0.15) is 0 Å². The molecule has 1 heterocycles. The first kappa shape index (κ1) is 15.1. The summed E-state index contributed by atoms with van der Waals surface area (Å²) in [6, 6.07) is 4.69. The first-order chi connectivity index (χ1) is 9.88. The zero-order chi connectivity index (χ0) is 15.6. The Kier molecular flexibility index (Phi) is 4.32. The summed E-state index contributed by atoms with van der Waals surface area (Å²) in [7, 11) is 1.55. The highest BCUT2D eigenvalue weighted by Gasteiger charge is 2.31. The summed E-state index contributed by atoms with van der Waals surface area (Å²) in [4.78, 5) is 37.8. The lowest BCUT2D eigenvalue weighted by Gasteiger charge is -2.30. The van der Waals surface area contributed by atoms with Crippen LogP contribution in [0.25, 0.3) is 0 Å². The number of piperazine rings is 1. The minimum atomic E-state index is -0.678. The van der Waals surface area contributed by atoms with Crippen LogP contribution in [0.2, 0.25) is 5.02 Å². The molecule has 3 N–H and O–H groups in total. The molecule has 112 valence electrons. The van der Waals surface area contributed by atoms with Crippen LogP contribution in [0.3, 0.4) is 0 Å². The van der Waals surface area contributed by atoms with Crippen molar-refractivity contribution in [2.45, 2.75) is 0 Å². The van der Waals surface area contributed by atoms with Crippen molar-refractivity contribution in [1.29, 1.82) is 0 Å². The van der Waals surface area contributed by atoms with Gasteiger partial charge in [0.25, 0.3) is 0 Å². The number of halogens is 1. The van der Waals surface area contributed by atoms with Gasteiger partial charge in [0.05, 0.1) is 10.7 Å². The summed E-state index contributed by atoms with van der Waals surface area (Å²) in [6.07, 6.45) is 0. The van der Waals surface area contributed by atoms with Crippen molar-refractivity contribution in [3.63, 3.8) is 0 Å². The summed E-state index contributed by atoms with van der Waals surface area (Å²) in [5.74, 6) is -1.71. The first-order valence-corrected chi connectivity index (χ1v) is 6.65. The van der Waals surface area contributed by atoms with Crippen molar-refractivity contribution in [2.75, 3.05) is 37.7 Å². The molecule has 0 saturated carbocycles. The van der Waals surface area contributed by atoms with Gasteiger partial charge in [-0.25, -0.2) is 0 Å². The van der Waals surface area contributed by atoms with E-state index in [0.29, 0.717) is 29.5 Å². The molecule has 1 fully saturated rings. The topological polar surface area (TPSA) is 95.7 Å². The summed E-state index contributed by atoms with van der Waals surface area (Å²) in [5, 5.41) is 2.90. The molecule has 1 aliphatic heterocycles. The van der Waals surface area contributed by atoms with Gasteiger partial charge in [0.15, 0.2) is 0 Å². The Balaban J connectivity index is 1.99. The first-order valence-electron chi connectivity index (χ1n) is 6.27. The fraction of sp³-hybridized carbons (Fsp3) is 0.308. The molecular weight excluding hydrogens is 296 g/mol. The number of rotatable bonds is 3. The average Bonchev–Trinajstić information content (AvgIpc) is 2.43. The predicted octanol–water partition coefficient (Wildman–Crippen LogP) is 0.161. The Hall–Kier alpha value is -2.28. The number of hydrogen-bond acceptors (Lipinski definition) is 4. The van der Waals surface area contributed by atoms with Crippen LogP contribution in [0.1, 0.15) is 0 Å². The Labute approximate surface area is 126 Å². The normalized spacial score (nSPS) is 15.3. The van der Waals surface area contributed by atoms with Crippen LogP contribution in [-0.4, -0.2) is 54.2 Å². The van der Waals surface area contributed by atoms with E-state index in [9.17, 15) is 14.4 Å². The van der Waals surface area contributed by atoms with Gasteiger partial charge < -0.3 is 20.9 Å². The van der Waals surface area contributed by atoms with Gasteiger partial charge in [-0.05, 0) is 18.2 Å². The van der Waals surface area contributed by atoms with Gasteiger partial charge >= 0.3 is 11.8 Å². The van der Waals surface area contributed by atoms with E-state index in [2.05, 4.69) is 5.32 Å². The van der Waals surface area contributed by atoms with E-state index in [4.69, 9.17) is 17.3 Å². The number of nitrogens with zero attached hydrogens (tertiary/aromatic N) is 2. The second kappa shape index (κ2) is 6.01. The van der Waals surface area contributed by atoms with Gasteiger partial charge in [-0.3, -0.25) is 14.4 Å². The summed E-state index contributed by atoms with van der Waals surface area (Å²) >= 11 is 5.95. The van der Waals surface area contributed by atoms with E-state index in [1.807, 2.05) is 0 Å². The zero-order valence-corrected chi connectivity index (χ0v) is 12.2. The van der Waals surface area contributed by atoms with Gasteiger partial charge in [0.1, 0.15) is 6.54 Å². The van der Waals surface area contributed by atoms with Gasteiger partial charge in [-0.15, -0.1) is 0 Å². The number of nitrogens with one attached hydrogen (secondary N) is 1. The van der Waals surface area contributed by atoms with E-state index < -0.39 is 17.7 Å². The number of benzene rings is 1. The largest absolute Gasteiger partial charge is 0.399 e. The SMILES string of the molecule is CN1CCN(CC(=O)Nc2ccc(N)cc2Cl)C(=O)C1=O. The fourth-order valence-corrected chi connectivity index (χ4v) is 2.16. The van der Waals surface area contributed by atoms with Crippen LogP contribution < -0.4 is 11.1 Å². The molecule has 3 amide bonds. The Morgan fingerprint density at radius 2 is 2.05 bits per heavy atom. The third-order valence-corrected chi connectivity index (χ3v) is 3.44. The minimum Gasteiger partial charge on any atom is -0.399 e. The molecule has 1 aromatic carbocycles. The van der Waals surface area contributed by atoms with E-state index >= 15 is 0 Å². The minimum absolute atomic E-state index is 0.195. The zero-order valence-electron chi connectivity index (χ0n) is 11.4. The highest BCUT2D eigenvalue weighted by molar-refractivity contribution is 6.36. The number of carbonyl (C=O) groups excluding carboxylic acids is 3. The van der Waals surface area contributed by atoms with Gasteiger partial charge in [0, 0.05) is 25.8 Å². The molecule has 0 aromatic heterocycles. The van der Waals surface area contributed by atoms with Crippen molar-refractivity contribution in [3.05, 3.63) is 23.2 Å². The smallest absolute Gasteiger partial charge is 0.312 e. The molecule has 1 aliphatic rings. The molecule has 0 aliphatic carbocycles. The summed E-state index contributed by atoms with van der Waals surface area (Å²) in [6.45, 7) is 0.531. The number of amides is 3. The lowest BCUT2D eigenvalue weighted by atomic mass is 10.2. The van der Waals surface area contributed by atoms with E-state index in [1.54, 1.807) is 19.2 Å². The molecule has 0 radical (unpaired) electrons. The van der Waals surface area contributed by atoms with Crippen LogP contribution in [0.5, 0.6) is 0 Å². The van der Waals surface area contributed by atoms with E-state index in [0.717, 1.165) is 0 Å². The standard InChI is InChI=1S/C13H15ClN4O3/c1-17-4-5-18(13(21)12(17)20)7-11(19)16-10-3-2-8(15)6-9(10)14/h2-3,6H,4-5,7,15H2,1H3,(H,16,19). The maximum absolute atomic E-state index is 11.9. The number of likely N-dealkylation sites (N-methyl/N-ethyl adjacent to an activating group) is 1. The van der Waals surface area contributed by atoms with Crippen LogP contribution in [0.15, 0.2) is 18.2 Å². The molecule has 2 rings (SSSR count). The third-order valence-electron chi connectivity index (χ3n) is 3.12. The molecule has 1 saturated heterocycles. The van der Waals surface area contributed by atoms with Crippen molar-refractivity contribution in [3.8, 4) is 0 Å². The molecule has 0 atom stereocenters. The molecule has 0 unspecified atom stereocenters. The second-order valence-corrected chi connectivity index (χ2v) is 5.15. The second-order valence-electron chi connectivity index (χ2n) is 4.74. The maximum atomic E-state index is 11.9. The molecule has 21 heavy (non-hydrogen) atoms. The molecular formula is C13H15ClN4O3. The van der Waals surface area contributed by atoms with Crippen molar-refractivity contribution >= 4 is 40.7 Å². The fourth-order valence-electron chi connectivity index (χ4n) is 1.92. The van der Waals surface area contributed by atoms with Crippen molar-refractivity contribution in [1.82, 2.24) is 9.80 Å². The van der Waals surface area contributed by atoms with E-state index in [1.165, 1.54) is 15.9 Å². The Bertz CT molecular complexity index is 605. The lowest BCUT2D eigenvalue weighted by molar-refractivity contribution is -0.155. The average molecular weight is 311 g/mol. The molecule has 0 spiro atoms. The number of hydrogen-bond donors (Lipinski definition) is 2. The summed E-state index contributed by atoms with van der Waals surface area (Å²) in [5.41, 5.74) is 6.45. The van der Waals surface area contributed by atoms with E-state index in [-0.39, 0.29) is 6.54 Å². The third kappa shape index (κ3) is 3.43. The molecule has 0 bridgehead atoms. The Morgan fingerprint density at radius 3 is 2.71 bits per heavy atom. The van der Waals surface area contributed by atoms with Crippen LogP contribution in [0.4, 0.5) is 11.4 Å². The van der Waals surface area contributed by atoms with Crippen LogP contribution in [0, 0.1) is 0 Å². The summed E-state index contributed by atoms with van der Waals surface area (Å²) < 4.78 is 0. The predicted molar refractivity (Wildman–Crippen MR) is 78.7 cm³/mol. The van der Waals surface area contributed by atoms with Crippen LogP contribution >= 0.6 is 11.6 Å². The number of nitrogen functional groups attached to an aromatic ring is 1. The number of carbonyl (C=O) groups is 3. The number of anilines is 2. The van der Waals surface area contributed by atoms with Crippen molar-refractivity contribution < 1.29 is 14.4 Å². The highest BCUT2D eigenvalue weighted by Crippen LogP contribution is 2.23. The maximum Gasteiger partial charge on any atom is 0.312 e. The number of nitrogens with two attached hydrogens (primary N) is 1. The molecule has 7 nitrogen and oxygen atoms in total. The van der Waals surface area contributed by atoms with Gasteiger partial charge in [0.2, 0.25) is 5.91 Å². The lowest BCUT2D eigenvalue weighted by Crippen LogP contribution is -2.54. The molecule has 8 heteroatoms. The van der Waals surface area contributed by atoms with Crippen LogP contribution in [-0.2, 0) is 14.4 Å². The highest BCUT2D eigenvalue weighted by atomic mass is 35.5. The van der Waals surface area contributed by atoms with Crippen molar-refractivity contribution in [2.24, 2.45) is 0 Å². The van der Waals surface area contributed by atoms with Gasteiger partial charge in [-0.1, -0.05) is 11.6 Å². The quantitative estimate of drug-likeness (QED) is 0.614. The molecule has 1 aromatic rings. The Morgan fingerprint density at radius 1 is 1.33 bits per heavy atom.